The van der Waals surface area contributed by atoms with Gasteiger partial charge in [-0.15, -0.1) is 0 Å². The summed E-state index contributed by atoms with van der Waals surface area (Å²) in [6.45, 7) is 9.97. The summed E-state index contributed by atoms with van der Waals surface area (Å²) in [5, 5.41) is 0. The Kier molecular flexibility index (Phi) is 7.69. The van der Waals surface area contributed by atoms with Gasteiger partial charge in [-0.1, -0.05) is 50.2 Å². The highest BCUT2D eigenvalue weighted by atomic mass is 16.5. The molecule has 0 saturated carbocycles. The molecule has 3 aliphatic heterocycles. The second-order valence-corrected chi connectivity index (χ2v) is 10.5. The number of amides is 1. The third-order valence-corrected chi connectivity index (χ3v) is 7.35. The van der Waals surface area contributed by atoms with Gasteiger partial charge in [-0.05, 0) is 23.8 Å². The minimum absolute atomic E-state index is 0.0705. The highest BCUT2D eigenvalue weighted by Gasteiger charge is 2.44. The van der Waals surface area contributed by atoms with Crippen molar-refractivity contribution >= 4 is 23.6 Å². The first kappa shape index (κ1) is 25.6. The van der Waals surface area contributed by atoms with Gasteiger partial charge in [0, 0.05) is 43.7 Å². The number of nitrogens with zero attached hydrogens (tertiary/aromatic N) is 4. The molecule has 4 heterocycles. The van der Waals surface area contributed by atoms with Gasteiger partial charge in [-0.2, -0.15) is 0 Å². The number of hydrogen-bond donors (Lipinski definition) is 0. The Balaban J connectivity index is 1.51. The Hall–Kier alpha value is -3.07. The number of aromatic nitrogens is 1. The third-order valence-electron chi connectivity index (χ3n) is 7.35. The zero-order valence-electron chi connectivity index (χ0n) is 21.8. The maximum absolute atomic E-state index is 13.9. The zero-order chi connectivity index (χ0) is 25.8. The minimum atomic E-state index is -0.635. The molecule has 5 rings (SSSR count). The standard InChI is InChI=1S/C29H36N4O4/c1-29(2)21-33(20-26(34)32-13-17-37-18-14-32)27(22-7-4-3-5-8-22)24(28(29)35)19-23-9-6-10-25(30-23)31-11-15-36-16-12-31/h3-10,19,27H,11-18,20-21H2,1-2H3. The topological polar surface area (TPSA) is 75.2 Å². The number of pyridine rings is 1. The molecule has 1 aromatic carbocycles. The molecule has 0 radical (unpaired) electrons. The van der Waals surface area contributed by atoms with E-state index < -0.39 is 5.41 Å². The van der Waals surface area contributed by atoms with Crippen LogP contribution in [0.1, 0.15) is 31.1 Å². The number of hydrogen-bond acceptors (Lipinski definition) is 7. The van der Waals surface area contributed by atoms with Crippen molar-refractivity contribution in [2.45, 2.75) is 19.9 Å². The Morgan fingerprint density at radius 1 is 0.973 bits per heavy atom. The number of rotatable bonds is 5. The zero-order valence-corrected chi connectivity index (χ0v) is 21.8. The van der Waals surface area contributed by atoms with E-state index in [1.54, 1.807) is 0 Å². The van der Waals surface area contributed by atoms with E-state index >= 15 is 0 Å². The first-order valence-electron chi connectivity index (χ1n) is 13.1. The summed E-state index contributed by atoms with van der Waals surface area (Å²) in [6, 6.07) is 15.6. The van der Waals surface area contributed by atoms with Crippen LogP contribution in [0.3, 0.4) is 0 Å². The van der Waals surface area contributed by atoms with Gasteiger partial charge in [0.25, 0.3) is 0 Å². The molecule has 1 atom stereocenters. The number of anilines is 1. The first-order chi connectivity index (χ1) is 17.9. The molecule has 0 bridgehead atoms. The number of piperidine rings is 1. The summed E-state index contributed by atoms with van der Waals surface area (Å²) < 4.78 is 10.9. The Morgan fingerprint density at radius 2 is 1.65 bits per heavy atom. The summed E-state index contributed by atoms with van der Waals surface area (Å²) in [6.07, 6.45) is 1.93. The molecule has 1 unspecified atom stereocenters. The largest absolute Gasteiger partial charge is 0.378 e. The number of ketones is 1. The van der Waals surface area contributed by atoms with E-state index in [9.17, 15) is 9.59 Å². The van der Waals surface area contributed by atoms with Crippen molar-refractivity contribution in [3.05, 3.63) is 65.4 Å². The van der Waals surface area contributed by atoms with Gasteiger partial charge in [0.2, 0.25) is 5.91 Å². The first-order valence-corrected chi connectivity index (χ1v) is 13.1. The van der Waals surface area contributed by atoms with Crippen LogP contribution in [0.15, 0.2) is 54.1 Å². The summed E-state index contributed by atoms with van der Waals surface area (Å²) in [4.78, 5) is 38.3. The van der Waals surface area contributed by atoms with Crippen molar-refractivity contribution in [1.29, 1.82) is 0 Å². The lowest BCUT2D eigenvalue weighted by Gasteiger charge is -2.44. The van der Waals surface area contributed by atoms with E-state index in [4.69, 9.17) is 14.5 Å². The molecule has 1 amide bonds. The number of benzene rings is 1. The van der Waals surface area contributed by atoms with Crippen molar-refractivity contribution in [2.75, 3.05) is 70.6 Å². The summed E-state index contributed by atoms with van der Waals surface area (Å²) in [7, 11) is 0. The number of carbonyl (C=O) groups excluding carboxylic acids is 2. The molecule has 3 saturated heterocycles. The number of ether oxygens (including phenoxy) is 2. The average molecular weight is 505 g/mol. The minimum Gasteiger partial charge on any atom is -0.378 e. The SMILES string of the molecule is CC1(C)CN(CC(=O)N2CCOCC2)C(c2ccccc2)C(=Cc2cccc(N3CCOCC3)n2)C1=O. The van der Waals surface area contributed by atoms with E-state index in [2.05, 4.69) is 9.80 Å². The third kappa shape index (κ3) is 5.76. The molecule has 3 fully saturated rings. The van der Waals surface area contributed by atoms with E-state index in [-0.39, 0.29) is 24.3 Å². The molecule has 3 aliphatic rings. The number of likely N-dealkylation sites (tertiary alicyclic amines) is 1. The lowest BCUT2D eigenvalue weighted by molar-refractivity contribution is -0.140. The second-order valence-electron chi connectivity index (χ2n) is 10.5. The van der Waals surface area contributed by atoms with Crippen LogP contribution in [0, 0.1) is 5.41 Å². The predicted molar refractivity (Wildman–Crippen MR) is 142 cm³/mol. The molecule has 0 N–H and O–H groups in total. The van der Waals surface area contributed by atoms with Gasteiger partial charge in [0.05, 0.1) is 44.7 Å². The van der Waals surface area contributed by atoms with Crippen molar-refractivity contribution in [3.8, 4) is 0 Å². The number of morpholine rings is 2. The summed E-state index contributed by atoms with van der Waals surface area (Å²) >= 11 is 0. The van der Waals surface area contributed by atoms with Crippen LogP contribution >= 0.6 is 0 Å². The summed E-state index contributed by atoms with van der Waals surface area (Å²) in [5.74, 6) is 1.05. The van der Waals surface area contributed by atoms with Crippen molar-refractivity contribution in [2.24, 2.45) is 5.41 Å². The molecular formula is C29H36N4O4. The molecule has 8 heteroatoms. The second kappa shape index (κ2) is 11.1. The van der Waals surface area contributed by atoms with Gasteiger partial charge in [0.15, 0.2) is 5.78 Å². The van der Waals surface area contributed by atoms with Crippen molar-refractivity contribution in [3.63, 3.8) is 0 Å². The van der Waals surface area contributed by atoms with Crippen LogP contribution < -0.4 is 4.90 Å². The number of Topliss-reactive ketones (excluding diaryl/α,β-unsaturated/α-hetero) is 1. The highest BCUT2D eigenvalue weighted by Crippen LogP contribution is 2.41. The predicted octanol–water partition coefficient (Wildman–Crippen LogP) is 2.81. The monoisotopic (exact) mass is 504 g/mol. The maximum atomic E-state index is 13.9. The van der Waals surface area contributed by atoms with E-state index in [0.717, 1.165) is 30.2 Å². The van der Waals surface area contributed by atoms with Gasteiger partial charge in [-0.3, -0.25) is 14.5 Å². The number of carbonyl (C=O) groups is 2. The lowest BCUT2D eigenvalue weighted by atomic mass is 9.74. The Bertz CT molecular complexity index is 1140. The van der Waals surface area contributed by atoms with Crippen LogP contribution in [0.5, 0.6) is 0 Å². The smallest absolute Gasteiger partial charge is 0.236 e. The highest BCUT2D eigenvalue weighted by molar-refractivity contribution is 6.05. The Morgan fingerprint density at radius 3 is 2.35 bits per heavy atom. The van der Waals surface area contributed by atoms with Crippen molar-refractivity contribution in [1.82, 2.24) is 14.8 Å². The molecule has 196 valence electrons. The quantitative estimate of drug-likeness (QED) is 0.580. The van der Waals surface area contributed by atoms with Crippen molar-refractivity contribution < 1.29 is 19.1 Å². The molecule has 1 aromatic heterocycles. The molecule has 2 aromatic rings. The van der Waals surface area contributed by atoms with Gasteiger partial charge in [0.1, 0.15) is 5.82 Å². The fraction of sp³-hybridized carbons (Fsp3) is 0.483. The van der Waals surface area contributed by atoms with Crippen LogP contribution in [0.2, 0.25) is 0 Å². The van der Waals surface area contributed by atoms with Gasteiger partial charge < -0.3 is 19.3 Å². The molecule has 8 nitrogen and oxygen atoms in total. The van der Waals surface area contributed by atoms with Crippen LogP contribution in [-0.4, -0.2) is 92.2 Å². The Labute approximate surface area is 218 Å². The van der Waals surface area contributed by atoms with Gasteiger partial charge >= 0.3 is 0 Å². The van der Waals surface area contributed by atoms with Crippen LogP contribution in [0.25, 0.3) is 6.08 Å². The average Bonchev–Trinajstić information content (AvgIpc) is 2.93. The van der Waals surface area contributed by atoms with E-state index in [0.29, 0.717) is 51.6 Å². The fourth-order valence-corrected chi connectivity index (χ4v) is 5.43. The fourth-order valence-electron chi connectivity index (χ4n) is 5.43. The molecule has 0 aliphatic carbocycles. The van der Waals surface area contributed by atoms with Crippen LogP contribution in [-0.2, 0) is 19.1 Å². The summed E-state index contributed by atoms with van der Waals surface area (Å²) in [5.41, 5.74) is 1.77. The molecule has 0 spiro atoms. The lowest BCUT2D eigenvalue weighted by Crippen LogP contribution is -2.53. The van der Waals surface area contributed by atoms with Crippen LogP contribution in [0.4, 0.5) is 5.82 Å². The normalized spacial score (nSPS) is 23.9. The molecular weight excluding hydrogens is 468 g/mol. The molecule has 37 heavy (non-hydrogen) atoms. The maximum Gasteiger partial charge on any atom is 0.236 e. The van der Waals surface area contributed by atoms with Gasteiger partial charge in [-0.25, -0.2) is 4.98 Å². The van der Waals surface area contributed by atoms with E-state index in [1.807, 2.05) is 73.4 Å². The van der Waals surface area contributed by atoms with E-state index in [1.165, 1.54) is 0 Å².